The number of rotatable bonds is 7. The second-order valence-corrected chi connectivity index (χ2v) is 6.25. The highest BCUT2D eigenvalue weighted by atomic mass is 19.1. The fourth-order valence-corrected chi connectivity index (χ4v) is 2.10. The summed E-state index contributed by atoms with van der Waals surface area (Å²) in [7, 11) is 0. The fourth-order valence-electron chi connectivity index (χ4n) is 2.10. The summed E-state index contributed by atoms with van der Waals surface area (Å²) in [6.45, 7) is 4.78. The van der Waals surface area contributed by atoms with E-state index in [4.69, 9.17) is 5.11 Å². The minimum Gasteiger partial charge on any atom is -0.396 e. The molecule has 0 fully saturated rings. The van der Waals surface area contributed by atoms with Crippen molar-refractivity contribution in [2.45, 2.75) is 26.8 Å². The number of nitrogens with one attached hydrogen (secondary N) is 1. The van der Waals surface area contributed by atoms with Crippen molar-refractivity contribution in [3.8, 4) is 0 Å². The Kier molecular flexibility index (Phi) is 5.44. The molecule has 23 heavy (non-hydrogen) atoms. The van der Waals surface area contributed by atoms with Crippen LogP contribution in [0.2, 0.25) is 0 Å². The maximum Gasteiger partial charge on any atom is 0.273 e. The zero-order valence-electron chi connectivity index (χ0n) is 13.3. The van der Waals surface area contributed by atoms with Crippen LogP contribution in [0.25, 0.3) is 0 Å². The van der Waals surface area contributed by atoms with Crippen molar-refractivity contribution in [3.05, 3.63) is 47.5 Å². The first kappa shape index (κ1) is 17.1. The number of aromatic nitrogens is 3. The molecule has 1 amide bonds. The van der Waals surface area contributed by atoms with E-state index in [9.17, 15) is 9.18 Å². The van der Waals surface area contributed by atoms with Gasteiger partial charge in [-0.25, -0.2) is 9.07 Å². The van der Waals surface area contributed by atoms with E-state index >= 15 is 0 Å². The number of aliphatic hydroxyl groups excluding tert-OH is 1. The van der Waals surface area contributed by atoms with E-state index in [0.717, 1.165) is 5.56 Å². The molecule has 0 saturated heterocycles. The molecule has 0 atom stereocenters. The molecule has 7 heteroatoms. The monoisotopic (exact) mass is 320 g/mol. The Morgan fingerprint density at radius 3 is 2.91 bits per heavy atom. The topological polar surface area (TPSA) is 80.0 Å². The molecule has 0 spiro atoms. The quantitative estimate of drug-likeness (QED) is 0.812. The largest absolute Gasteiger partial charge is 0.396 e. The Hall–Kier alpha value is -2.28. The zero-order chi connectivity index (χ0) is 16.9. The van der Waals surface area contributed by atoms with Gasteiger partial charge in [-0.05, 0) is 29.5 Å². The van der Waals surface area contributed by atoms with Gasteiger partial charge in [0.2, 0.25) is 0 Å². The standard InChI is InChI=1S/C16H21FN4O2/c1-16(2,6-7-22)11-18-15(23)14-10-21(20-19-14)9-12-4-3-5-13(17)8-12/h3-5,8,10,22H,6-7,9,11H2,1-2H3,(H,18,23). The number of carbonyl (C=O) groups is 1. The minimum absolute atomic E-state index is 0.0761. The molecule has 6 nitrogen and oxygen atoms in total. The number of carbonyl (C=O) groups excluding carboxylic acids is 1. The van der Waals surface area contributed by atoms with Crippen molar-refractivity contribution in [1.82, 2.24) is 20.3 Å². The molecule has 1 heterocycles. The molecule has 1 aromatic heterocycles. The highest BCUT2D eigenvalue weighted by Crippen LogP contribution is 2.18. The van der Waals surface area contributed by atoms with E-state index in [1.807, 2.05) is 13.8 Å². The van der Waals surface area contributed by atoms with Gasteiger partial charge in [0, 0.05) is 13.2 Å². The lowest BCUT2D eigenvalue weighted by atomic mass is 9.90. The maximum atomic E-state index is 13.2. The van der Waals surface area contributed by atoms with Crippen LogP contribution in [0, 0.1) is 11.2 Å². The first-order valence-electron chi connectivity index (χ1n) is 7.43. The van der Waals surface area contributed by atoms with Crippen LogP contribution in [0.15, 0.2) is 30.5 Å². The SMILES string of the molecule is CC(C)(CCO)CNC(=O)c1cn(Cc2cccc(F)c2)nn1. The van der Waals surface area contributed by atoms with Crippen LogP contribution in [0.5, 0.6) is 0 Å². The molecule has 0 unspecified atom stereocenters. The van der Waals surface area contributed by atoms with Crippen LogP contribution in [0.3, 0.4) is 0 Å². The molecule has 2 aromatic rings. The van der Waals surface area contributed by atoms with Gasteiger partial charge in [-0.1, -0.05) is 31.2 Å². The molecule has 0 bridgehead atoms. The van der Waals surface area contributed by atoms with Crippen LogP contribution < -0.4 is 5.32 Å². The molecular formula is C16H21FN4O2. The normalized spacial score (nSPS) is 11.5. The second-order valence-electron chi connectivity index (χ2n) is 6.25. The maximum absolute atomic E-state index is 13.2. The second kappa shape index (κ2) is 7.32. The third kappa shape index (κ3) is 5.14. The van der Waals surface area contributed by atoms with Gasteiger partial charge < -0.3 is 10.4 Å². The molecule has 1 aromatic carbocycles. The average Bonchev–Trinajstić information content (AvgIpc) is 2.93. The Morgan fingerprint density at radius 2 is 2.22 bits per heavy atom. The van der Waals surface area contributed by atoms with Crippen LogP contribution in [0.4, 0.5) is 4.39 Å². The number of benzene rings is 1. The third-order valence-corrected chi connectivity index (χ3v) is 3.52. The van der Waals surface area contributed by atoms with Crippen LogP contribution in [-0.2, 0) is 6.54 Å². The fraction of sp³-hybridized carbons (Fsp3) is 0.438. The van der Waals surface area contributed by atoms with Gasteiger partial charge >= 0.3 is 0 Å². The lowest BCUT2D eigenvalue weighted by molar-refractivity contribution is 0.0923. The van der Waals surface area contributed by atoms with Crippen molar-refractivity contribution in [2.75, 3.05) is 13.2 Å². The lowest BCUT2D eigenvalue weighted by Crippen LogP contribution is -2.34. The molecule has 124 valence electrons. The smallest absolute Gasteiger partial charge is 0.273 e. The highest BCUT2D eigenvalue weighted by molar-refractivity contribution is 5.91. The van der Waals surface area contributed by atoms with E-state index in [0.29, 0.717) is 19.5 Å². The number of hydrogen-bond acceptors (Lipinski definition) is 4. The summed E-state index contributed by atoms with van der Waals surface area (Å²) in [6, 6.07) is 6.19. The summed E-state index contributed by atoms with van der Waals surface area (Å²) in [5.74, 6) is -0.631. The van der Waals surface area contributed by atoms with Gasteiger partial charge in [-0.15, -0.1) is 5.10 Å². The molecule has 2 N–H and O–H groups in total. The van der Waals surface area contributed by atoms with Crippen LogP contribution >= 0.6 is 0 Å². The summed E-state index contributed by atoms with van der Waals surface area (Å²) in [5.41, 5.74) is 0.759. The predicted octanol–water partition coefficient (Wildman–Crippen LogP) is 1.60. The van der Waals surface area contributed by atoms with Crippen molar-refractivity contribution in [2.24, 2.45) is 5.41 Å². The van der Waals surface area contributed by atoms with Crippen molar-refractivity contribution in [1.29, 1.82) is 0 Å². The number of halogens is 1. The Morgan fingerprint density at radius 1 is 1.43 bits per heavy atom. The average molecular weight is 320 g/mol. The summed E-state index contributed by atoms with van der Waals surface area (Å²) in [5, 5.41) is 19.5. The number of amides is 1. The van der Waals surface area contributed by atoms with Gasteiger partial charge in [0.15, 0.2) is 5.69 Å². The Bertz CT molecular complexity index is 670. The van der Waals surface area contributed by atoms with Gasteiger partial charge in [0.05, 0.1) is 12.7 Å². The van der Waals surface area contributed by atoms with E-state index in [1.54, 1.807) is 12.1 Å². The summed E-state index contributed by atoms with van der Waals surface area (Å²) in [6.07, 6.45) is 2.12. The number of aliphatic hydroxyl groups is 1. The van der Waals surface area contributed by atoms with E-state index in [1.165, 1.54) is 23.0 Å². The molecule has 0 saturated carbocycles. The Balaban J connectivity index is 1.94. The van der Waals surface area contributed by atoms with Crippen molar-refractivity contribution >= 4 is 5.91 Å². The van der Waals surface area contributed by atoms with Gasteiger partial charge in [0.1, 0.15) is 5.82 Å². The number of nitrogens with zero attached hydrogens (tertiary/aromatic N) is 3. The molecule has 2 rings (SSSR count). The van der Waals surface area contributed by atoms with Crippen molar-refractivity contribution < 1.29 is 14.3 Å². The summed E-state index contributed by atoms with van der Waals surface area (Å²) in [4.78, 5) is 12.1. The third-order valence-electron chi connectivity index (χ3n) is 3.52. The number of hydrogen-bond donors (Lipinski definition) is 2. The minimum atomic E-state index is -0.318. The molecular weight excluding hydrogens is 299 g/mol. The van der Waals surface area contributed by atoms with Gasteiger partial charge in [-0.3, -0.25) is 4.79 Å². The molecule has 0 radical (unpaired) electrons. The first-order valence-corrected chi connectivity index (χ1v) is 7.43. The van der Waals surface area contributed by atoms with E-state index < -0.39 is 0 Å². The van der Waals surface area contributed by atoms with Gasteiger partial charge in [0.25, 0.3) is 5.91 Å². The lowest BCUT2D eigenvalue weighted by Gasteiger charge is -2.23. The van der Waals surface area contributed by atoms with Gasteiger partial charge in [-0.2, -0.15) is 0 Å². The molecule has 0 aliphatic heterocycles. The highest BCUT2D eigenvalue weighted by Gasteiger charge is 2.19. The summed E-state index contributed by atoms with van der Waals surface area (Å²) < 4.78 is 14.6. The van der Waals surface area contributed by atoms with E-state index in [-0.39, 0.29) is 29.4 Å². The van der Waals surface area contributed by atoms with Crippen molar-refractivity contribution in [3.63, 3.8) is 0 Å². The zero-order valence-corrected chi connectivity index (χ0v) is 13.3. The first-order chi connectivity index (χ1) is 10.9. The van der Waals surface area contributed by atoms with Crippen LogP contribution in [0.1, 0.15) is 36.3 Å². The van der Waals surface area contributed by atoms with E-state index in [2.05, 4.69) is 15.6 Å². The molecule has 0 aliphatic rings. The van der Waals surface area contributed by atoms with Crippen LogP contribution in [-0.4, -0.2) is 39.2 Å². The molecule has 0 aliphatic carbocycles. The Labute approximate surface area is 134 Å². The predicted molar refractivity (Wildman–Crippen MR) is 83.3 cm³/mol. The summed E-state index contributed by atoms with van der Waals surface area (Å²) >= 11 is 0.